The Morgan fingerprint density at radius 2 is 2.33 bits per heavy atom. The van der Waals surface area contributed by atoms with E-state index in [1.807, 2.05) is 6.92 Å². The molecule has 0 saturated carbocycles. The number of rotatable bonds is 8. The Hall–Kier alpha value is -0.870. The van der Waals surface area contributed by atoms with Crippen molar-refractivity contribution >= 4 is 5.91 Å². The predicted molar refractivity (Wildman–Crippen MR) is 61.5 cm³/mol. The first kappa shape index (κ1) is 14.1. The fourth-order valence-electron chi connectivity index (χ4n) is 1.32. The van der Waals surface area contributed by atoms with Crippen LogP contribution in [0.25, 0.3) is 0 Å². The lowest BCUT2D eigenvalue weighted by Crippen LogP contribution is -2.45. The van der Waals surface area contributed by atoms with Gasteiger partial charge in [-0.15, -0.1) is 6.58 Å². The fourth-order valence-corrected chi connectivity index (χ4v) is 1.32. The molecule has 0 unspecified atom stereocenters. The zero-order valence-corrected chi connectivity index (χ0v) is 9.74. The van der Waals surface area contributed by atoms with Gasteiger partial charge < -0.3 is 15.4 Å². The van der Waals surface area contributed by atoms with Gasteiger partial charge in [-0.25, -0.2) is 0 Å². The third-order valence-corrected chi connectivity index (χ3v) is 2.14. The molecule has 88 valence electrons. The standard InChI is InChI=1S/C11H22N2O2/c1-4-6-10(12)11(14)13(7-5-2)8-9-15-3/h5,10H,2,4,6-9,12H2,1,3H3/t10-/m1/s1. The van der Waals surface area contributed by atoms with E-state index in [1.165, 1.54) is 0 Å². The minimum Gasteiger partial charge on any atom is -0.383 e. The smallest absolute Gasteiger partial charge is 0.239 e. The van der Waals surface area contributed by atoms with E-state index in [0.29, 0.717) is 19.7 Å². The van der Waals surface area contributed by atoms with Crippen molar-refractivity contribution < 1.29 is 9.53 Å². The number of amides is 1. The molecule has 0 aliphatic carbocycles. The summed E-state index contributed by atoms with van der Waals surface area (Å²) in [7, 11) is 1.61. The van der Waals surface area contributed by atoms with E-state index in [1.54, 1.807) is 18.1 Å². The Morgan fingerprint density at radius 1 is 1.67 bits per heavy atom. The monoisotopic (exact) mass is 214 g/mol. The van der Waals surface area contributed by atoms with Gasteiger partial charge in [-0.2, -0.15) is 0 Å². The van der Waals surface area contributed by atoms with Crippen molar-refractivity contribution in [1.29, 1.82) is 0 Å². The highest BCUT2D eigenvalue weighted by molar-refractivity contribution is 5.81. The molecule has 0 bridgehead atoms. The third kappa shape index (κ3) is 5.54. The third-order valence-electron chi connectivity index (χ3n) is 2.14. The lowest BCUT2D eigenvalue weighted by atomic mass is 10.1. The van der Waals surface area contributed by atoms with Gasteiger partial charge in [0.05, 0.1) is 12.6 Å². The van der Waals surface area contributed by atoms with Gasteiger partial charge >= 0.3 is 0 Å². The first-order chi connectivity index (χ1) is 7.17. The first-order valence-electron chi connectivity index (χ1n) is 5.31. The Kier molecular flexibility index (Phi) is 7.95. The summed E-state index contributed by atoms with van der Waals surface area (Å²) in [6.45, 7) is 7.26. The van der Waals surface area contributed by atoms with Crippen LogP contribution >= 0.6 is 0 Å². The van der Waals surface area contributed by atoms with Crippen molar-refractivity contribution in [2.45, 2.75) is 25.8 Å². The van der Waals surface area contributed by atoms with Crippen molar-refractivity contribution in [3.63, 3.8) is 0 Å². The number of carbonyl (C=O) groups excluding carboxylic acids is 1. The quantitative estimate of drug-likeness (QED) is 0.607. The number of nitrogens with two attached hydrogens (primary N) is 1. The molecule has 0 aromatic rings. The number of carbonyl (C=O) groups is 1. The van der Waals surface area contributed by atoms with E-state index in [9.17, 15) is 4.79 Å². The van der Waals surface area contributed by atoms with Gasteiger partial charge in [0.1, 0.15) is 0 Å². The molecule has 0 saturated heterocycles. The van der Waals surface area contributed by atoms with Crippen LogP contribution < -0.4 is 5.73 Å². The van der Waals surface area contributed by atoms with Crippen LogP contribution in [0.2, 0.25) is 0 Å². The minimum atomic E-state index is -0.396. The van der Waals surface area contributed by atoms with Gasteiger partial charge in [0.25, 0.3) is 0 Å². The molecule has 2 N–H and O–H groups in total. The van der Waals surface area contributed by atoms with Crippen LogP contribution in [0.4, 0.5) is 0 Å². The van der Waals surface area contributed by atoms with Crippen molar-refractivity contribution in [2.75, 3.05) is 26.8 Å². The van der Waals surface area contributed by atoms with Crippen LogP contribution in [0.5, 0.6) is 0 Å². The van der Waals surface area contributed by atoms with Crippen LogP contribution in [-0.2, 0) is 9.53 Å². The van der Waals surface area contributed by atoms with Crippen LogP contribution in [0.15, 0.2) is 12.7 Å². The van der Waals surface area contributed by atoms with E-state index >= 15 is 0 Å². The van der Waals surface area contributed by atoms with Crippen LogP contribution in [0, 0.1) is 0 Å². The van der Waals surface area contributed by atoms with Gasteiger partial charge in [-0.1, -0.05) is 19.4 Å². The van der Waals surface area contributed by atoms with Gasteiger partial charge in [-0.3, -0.25) is 4.79 Å². The van der Waals surface area contributed by atoms with Crippen LogP contribution in [-0.4, -0.2) is 43.7 Å². The van der Waals surface area contributed by atoms with Crippen molar-refractivity contribution in [3.8, 4) is 0 Å². The Labute approximate surface area is 92.1 Å². The molecule has 0 aliphatic heterocycles. The normalized spacial score (nSPS) is 12.2. The van der Waals surface area contributed by atoms with Crippen molar-refractivity contribution in [1.82, 2.24) is 4.90 Å². The molecule has 0 fully saturated rings. The van der Waals surface area contributed by atoms with Gasteiger partial charge in [0.2, 0.25) is 5.91 Å². The number of methoxy groups -OCH3 is 1. The first-order valence-corrected chi connectivity index (χ1v) is 5.31. The highest BCUT2D eigenvalue weighted by Crippen LogP contribution is 2.00. The number of hydrogen-bond donors (Lipinski definition) is 1. The summed E-state index contributed by atoms with van der Waals surface area (Å²) in [4.78, 5) is 13.5. The fraction of sp³-hybridized carbons (Fsp3) is 0.727. The molecule has 0 aliphatic rings. The van der Waals surface area contributed by atoms with Gasteiger partial charge in [-0.05, 0) is 6.42 Å². The Balaban J connectivity index is 4.19. The highest BCUT2D eigenvalue weighted by Gasteiger charge is 2.18. The predicted octanol–water partition coefficient (Wildman–Crippen LogP) is 0.775. The van der Waals surface area contributed by atoms with Crippen molar-refractivity contribution in [3.05, 3.63) is 12.7 Å². The topological polar surface area (TPSA) is 55.6 Å². The molecule has 1 amide bonds. The summed E-state index contributed by atoms with van der Waals surface area (Å²) in [6.07, 6.45) is 3.34. The summed E-state index contributed by atoms with van der Waals surface area (Å²) in [5, 5.41) is 0. The lowest BCUT2D eigenvalue weighted by Gasteiger charge is -2.24. The summed E-state index contributed by atoms with van der Waals surface area (Å²) in [5.41, 5.74) is 5.76. The molecule has 0 rings (SSSR count). The number of ether oxygens (including phenoxy) is 1. The molecule has 4 nitrogen and oxygen atoms in total. The van der Waals surface area contributed by atoms with Crippen molar-refractivity contribution in [2.24, 2.45) is 5.73 Å². The summed E-state index contributed by atoms with van der Waals surface area (Å²) >= 11 is 0. The number of nitrogens with zero attached hydrogens (tertiary/aromatic N) is 1. The second-order valence-electron chi connectivity index (χ2n) is 3.46. The molecule has 15 heavy (non-hydrogen) atoms. The van der Waals surface area contributed by atoms with Crippen LogP contribution in [0.1, 0.15) is 19.8 Å². The minimum absolute atomic E-state index is 0.0196. The van der Waals surface area contributed by atoms with Gasteiger partial charge in [0, 0.05) is 20.2 Å². The molecule has 4 heteroatoms. The second kappa shape index (κ2) is 8.44. The maximum atomic E-state index is 11.8. The summed E-state index contributed by atoms with van der Waals surface area (Å²) < 4.78 is 4.94. The zero-order valence-electron chi connectivity index (χ0n) is 9.74. The molecule has 0 heterocycles. The van der Waals surface area contributed by atoms with E-state index in [2.05, 4.69) is 6.58 Å². The lowest BCUT2D eigenvalue weighted by molar-refractivity contribution is -0.132. The molecule has 1 atom stereocenters. The average molecular weight is 214 g/mol. The number of hydrogen-bond acceptors (Lipinski definition) is 3. The molecular weight excluding hydrogens is 192 g/mol. The zero-order chi connectivity index (χ0) is 11.7. The van der Waals surface area contributed by atoms with E-state index in [-0.39, 0.29) is 5.91 Å². The van der Waals surface area contributed by atoms with E-state index < -0.39 is 6.04 Å². The molecule has 0 aromatic heterocycles. The second-order valence-corrected chi connectivity index (χ2v) is 3.46. The molecule has 0 radical (unpaired) electrons. The summed E-state index contributed by atoms with van der Waals surface area (Å²) in [5.74, 6) is -0.0196. The SMILES string of the molecule is C=CCN(CCOC)C(=O)[C@H](N)CCC. The van der Waals surface area contributed by atoms with E-state index in [0.717, 1.165) is 12.8 Å². The molecular formula is C11H22N2O2. The Bertz CT molecular complexity index is 195. The maximum Gasteiger partial charge on any atom is 0.239 e. The largest absolute Gasteiger partial charge is 0.383 e. The average Bonchev–Trinajstić information content (AvgIpc) is 2.23. The maximum absolute atomic E-state index is 11.8. The highest BCUT2D eigenvalue weighted by atomic mass is 16.5. The summed E-state index contributed by atoms with van der Waals surface area (Å²) in [6, 6.07) is -0.396. The molecule has 0 spiro atoms. The van der Waals surface area contributed by atoms with Crippen LogP contribution in [0.3, 0.4) is 0 Å². The Morgan fingerprint density at radius 3 is 2.80 bits per heavy atom. The van der Waals surface area contributed by atoms with Gasteiger partial charge in [0.15, 0.2) is 0 Å². The van der Waals surface area contributed by atoms with E-state index in [4.69, 9.17) is 10.5 Å². The molecule has 0 aromatic carbocycles.